The molecule has 30 heavy (non-hydrogen) atoms. The van der Waals surface area contributed by atoms with Crippen LogP contribution in [0.3, 0.4) is 0 Å². The molecule has 0 spiro atoms. The highest BCUT2D eigenvalue weighted by molar-refractivity contribution is 7.87. The fraction of sp³-hybridized carbons (Fsp3) is 0.238. The molecule has 9 heteroatoms. The van der Waals surface area contributed by atoms with E-state index in [1.807, 2.05) is 47.4 Å². The predicted molar refractivity (Wildman–Crippen MR) is 118 cm³/mol. The molecule has 3 N–H and O–H groups in total. The minimum atomic E-state index is -4.32. The predicted octanol–water partition coefficient (Wildman–Crippen LogP) is 3.56. The molecular formula is C21H23N3O4S2. The topological polar surface area (TPSA) is 108 Å². The lowest BCUT2D eigenvalue weighted by Crippen LogP contribution is -2.31. The van der Waals surface area contributed by atoms with E-state index in [0.717, 1.165) is 28.2 Å². The molecule has 0 fully saturated rings. The van der Waals surface area contributed by atoms with Gasteiger partial charge >= 0.3 is 10.3 Å². The van der Waals surface area contributed by atoms with Gasteiger partial charge in [-0.15, -0.1) is 11.3 Å². The molecule has 1 amide bonds. The summed E-state index contributed by atoms with van der Waals surface area (Å²) in [5.74, 6) is -0.0934. The van der Waals surface area contributed by atoms with Crippen molar-refractivity contribution in [1.29, 1.82) is 0 Å². The number of rotatable bonds is 9. The van der Waals surface area contributed by atoms with Crippen molar-refractivity contribution in [3.63, 3.8) is 0 Å². The van der Waals surface area contributed by atoms with Gasteiger partial charge in [0.15, 0.2) is 0 Å². The van der Waals surface area contributed by atoms with Crippen molar-refractivity contribution in [3.05, 3.63) is 81.8 Å². The van der Waals surface area contributed by atoms with Crippen LogP contribution in [0.15, 0.2) is 60.0 Å². The van der Waals surface area contributed by atoms with Crippen molar-refractivity contribution in [2.24, 2.45) is 0 Å². The average molecular weight is 446 g/mol. The van der Waals surface area contributed by atoms with Gasteiger partial charge in [-0.05, 0) is 36.1 Å². The molecule has 0 bridgehead atoms. The number of nitrogens with zero attached hydrogens (tertiary/aromatic N) is 1. The van der Waals surface area contributed by atoms with Gasteiger partial charge in [-0.3, -0.25) is 14.1 Å². The first kappa shape index (κ1) is 21.9. The zero-order valence-electron chi connectivity index (χ0n) is 16.4. The first-order valence-electron chi connectivity index (χ1n) is 9.44. The Bertz CT molecular complexity index is 1080. The highest BCUT2D eigenvalue weighted by Crippen LogP contribution is 2.24. The summed E-state index contributed by atoms with van der Waals surface area (Å²) in [6, 6.07) is 15.8. The monoisotopic (exact) mass is 445 g/mol. The van der Waals surface area contributed by atoms with Crippen LogP contribution in [0.4, 0.5) is 5.69 Å². The van der Waals surface area contributed by atoms with Crippen LogP contribution in [0.5, 0.6) is 0 Å². The van der Waals surface area contributed by atoms with Crippen LogP contribution in [0.1, 0.15) is 34.8 Å². The average Bonchev–Trinajstić information content (AvgIpc) is 3.18. The van der Waals surface area contributed by atoms with Crippen LogP contribution >= 0.6 is 11.3 Å². The summed E-state index contributed by atoms with van der Waals surface area (Å²) in [5, 5.41) is 5.90. The number of hydrogen-bond donors (Lipinski definition) is 3. The van der Waals surface area contributed by atoms with E-state index in [1.165, 1.54) is 11.3 Å². The lowest BCUT2D eigenvalue weighted by molar-refractivity contribution is -0.121. The number of amides is 1. The van der Waals surface area contributed by atoms with Gasteiger partial charge in [0, 0.05) is 5.38 Å². The van der Waals surface area contributed by atoms with E-state index in [-0.39, 0.29) is 24.1 Å². The van der Waals surface area contributed by atoms with E-state index in [9.17, 15) is 13.2 Å². The summed E-state index contributed by atoms with van der Waals surface area (Å²) in [6.45, 7) is 2.03. The smallest absolute Gasteiger partial charge is 0.346 e. The van der Waals surface area contributed by atoms with Gasteiger partial charge in [0.25, 0.3) is 0 Å². The van der Waals surface area contributed by atoms with Crippen LogP contribution in [0.25, 0.3) is 0 Å². The molecule has 1 unspecified atom stereocenters. The number of anilines is 1. The van der Waals surface area contributed by atoms with E-state index in [0.29, 0.717) is 6.42 Å². The van der Waals surface area contributed by atoms with Crippen LogP contribution in [0.2, 0.25) is 0 Å². The van der Waals surface area contributed by atoms with Crippen molar-refractivity contribution < 1.29 is 17.8 Å². The first-order chi connectivity index (χ1) is 14.3. The summed E-state index contributed by atoms with van der Waals surface area (Å²) in [5.41, 5.74) is 3.07. The molecule has 0 saturated heterocycles. The van der Waals surface area contributed by atoms with E-state index < -0.39 is 10.3 Å². The standard InChI is InChI=1S/C21H23N3O4S2/c1-2-17-14-29-21(22-17)19(23-20(25)13-15-6-4-3-5-7-15)12-16-8-10-18(11-9-16)24-30(26,27)28/h3-11,14,19,24H,2,12-13H2,1H3,(H,23,25)(H,26,27,28). The molecule has 1 atom stereocenters. The minimum absolute atomic E-state index is 0.0934. The molecule has 1 aromatic heterocycles. The maximum Gasteiger partial charge on any atom is 0.357 e. The summed E-state index contributed by atoms with van der Waals surface area (Å²) in [7, 11) is -4.32. The zero-order chi connectivity index (χ0) is 21.6. The largest absolute Gasteiger partial charge is 0.357 e. The van der Waals surface area contributed by atoms with E-state index >= 15 is 0 Å². The highest BCUT2D eigenvalue weighted by Gasteiger charge is 2.19. The molecule has 158 valence electrons. The van der Waals surface area contributed by atoms with Crippen LogP contribution in [-0.4, -0.2) is 23.9 Å². The van der Waals surface area contributed by atoms with Gasteiger partial charge in [0.1, 0.15) is 5.01 Å². The van der Waals surface area contributed by atoms with Crippen molar-refractivity contribution in [2.45, 2.75) is 32.2 Å². The molecular weight excluding hydrogens is 422 g/mol. The van der Waals surface area contributed by atoms with Gasteiger partial charge in [-0.1, -0.05) is 49.4 Å². The molecule has 1 heterocycles. The van der Waals surface area contributed by atoms with Gasteiger partial charge in [-0.2, -0.15) is 8.42 Å². The Labute approximate surface area is 180 Å². The molecule has 3 rings (SSSR count). The van der Waals surface area contributed by atoms with Crippen LogP contribution in [-0.2, 0) is 34.4 Å². The third kappa shape index (κ3) is 6.65. The molecule has 0 aliphatic rings. The molecule has 0 radical (unpaired) electrons. The molecule has 7 nitrogen and oxygen atoms in total. The van der Waals surface area contributed by atoms with E-state index in [1.54, 1.807) is 24.3 Å². The summed E-state index contributed by atoms with van der Waals surface area (Å²) < 4.78 is 32.8. The fourth-order valence-corrected chi connectivity index (χ4v) is 4.35. The Kier molecular flexibility index (Phi) is 7.20. The Morgan fingerprint density at radius 2 is 1.80 bits per heavy atom. The Morgan fingerprint density at radius 1 is 1.10 bits per heavy atom. The lowest BCUT2D eigenvalue weighted by Gasteiger charge is -2.17. The number of aromatic nitrogens is 1. The van der Waals surface area contributed by atoms with E-state index in [4.69, 9.17) is 4.55 Å². The first-order valence-corrected chi connectivity index (χ1v) is 11.8. The maximum absolute atomic E-state index is 12.6. The molecule has 2 aromatic carbocycles. The second-order valence-electron chi connectivity index (χ2n) is 6.79. The molecule has 0 saturated carbocycles. The molecule has 0 aliphatic carbocycles. The number of hydrogen-bond acceptors (Lipinski definition) is 5. The number of carbonyl (C=O) groups excluding carboxylic acids is 1. The lowest BCUT2D eigenvalue weighted by atomic mass is 10.0. The van der Waals surface area contributed by atoms with E-state index in [2.05, 4.69) is 10.3 Å². The van der Waals surface area contributed by atoms with Crippen LogP contribution < -0.4 is 10.0 Å². The van der Waals surface area contributed by atoms with Crippen molar-refractivity contribution in [3.8, 4) is 0 Å². The van der Waals surface area contributed by atoms with Gasteiger partial charge in [0.2, 0.25) is 5.91 Å². The second-order valence-corrected chi connectivity index (χ2v) is 8.84. The Hall–Kier alpha value is -2.75. The number of nitrogens with one attached hydrogen (secondary N) is 2. The maximum atomic E-state index is 12.6. The summed E-state index contributed by atoms with van der Waals surface area (Å²) >= 11 is 1.51. The van der Waals surface area contributed by atoms with Crippen molar-refractivity contribution in [2.75, 3.05) is 4.72 Å². The van der Waals surface area contributed by atoms with Gasteiger partial charge in [-0.25, -0.2) is 4.98 Å². The Balaban J connectivity index is 1.75. The normalized spacial score (nSPS) is 12.3. The highest BCUT2D eigenvalue weighted by atomic mass is 32.2. The third-order valence-electron chi connectivity index (χ3n) is 4.41. The number of benzene rings is 2. The summed E-state index contributed by atoms with van der Waals surface area (Å²) in [6.07, 6.45) is 1.60. The van der Waals surface area contributed by atoms with Gasteiger partial charge in [0.05, 0.1) is 23.8 Å². The fourth-order valence-electron chi connectivity index (χ4n) is 2.97. The second kappa shape index (κ2) is 9.84. The number of aryl methyl sites for hydroxylation is 1. The minimum Gasteiger partial charge on any atom is -0.346 e. The number of thiazole rings is 1. The van der Waals surface area contributed by atoms with Gasteiger partial charge < -0.3 is 5.32 Å². The van der Waals surface area contributed by atoms with Crippen LogP contribution in [0, 0.1) is 0 Å². The SMILES string of the molecule is CCc1csc(C(Cc2ccc(NS(=O)(=O)O)cc2)NC(=O)Cc2ccccc2)n1. The molecule has 0 aliphatic heterocycles. The third-order valence-corrected chi connectivity index (χ3v) is 5.91. The Morgan fingerprint density at radius 3 is 2.40 bits per heavy atom. The summed E-state index contributed by atoms with van der Waals surface area (Å²) in [4.78, 5) is 17.3. The number of carbonyl (C=O) groups is 1. The quantitative estimate of drug-likeness (QED) is 0.437. The zero-order valence-corrected chi connectivity index (χ0v) is 18.0. The molecule has 3 aromatic rings. The van der Waals surface area contributed by atoms with Crippen molar-refractivity contribution >= 4 is 33.2 Å². The van der Waals surface area contributed by atoms with Crippen molar-refractivity contribution in [1.82, 2.24) is 10.3 Å².